The van der Waals surface area contributed by atoms with E-state index in [1.54, 1.807) is 0 Å². The number of alkyl halides is 3. The van der Waals surface area contributed by atoms with E-state index >= 15 is 0 Å². The Morgan fingerprint density at radius 2 is 1.91 bits per heavy atom. The predicted octanol–water partition coefficient (Wildman–Crippen LogP) is 1.33. The first-order chi connectivity index (χ1) is 4.80. The quantitative estimate of drug-likeness (QED) is 0.574. The van der Waals surface area contributed by atoms with Crippen molar-refractivity contribution in [1.29, 1.82) is 0 Å². The lowest BCUT2D eigenvalue weighted by atomic mass is 10.1. The van der Waals surface area contributed by atoms with Crippen molar-refractivity contribution in [1.82, 2.24) is 0 Å². The van der Waals surface area contributed by atoms with Gasteiger partial charge in [0, 0.05) is 12.3 Å². The molecule has 2 nitrogen and oxygen atoms in total. The molecule has 2 unspecified atom stereocenters. The average molecular weight is 188 g/mol. The highest BCUT2D eigenvalue weighted by Gasteiger charge is 2.61. The van der Waals surface area contributed by atoms with Crippen molar-refractivity contribution in [2.75, 3.05) is 0 Å². The van der Waals surface area contributed by atoms with E-state index in [9.17, 15) is 21.6 Å². The van der Waals surface area contributed by atoms with Crippen LogP contribution in [-0.4, -0.2) is 19.2 Å². The molecule has 1 heterocycles. The molecular formula is C5H7F3O2S. The number of hydrogen-bond donors (Lipinski definition) is 0. The third-order valence-electron chi connectivity index (χ3n) is 1.83. The molecule has 1 saturated heterocycles. The van der Waals surface area contributed by atoms with Crippen LogP contribution in [0.2, 0.25) is 0 Å². The molecule has 0 aliphatic carbocycles. The normalized spacial score (nSPS) is 40.7. The summed E-state index contributed by atoms with van der Waals surface area (Å²) < 4.78 is 58.5. The molecule has 0 amide bonds. The maximum Gasteiger partial charge on any atom is 0.351 e. The van der Waals surface area contributed by atoms with Gasteiger partial charge >= 0.3 is 5.25 Å². The molecular weight excluding hydrogens is 181 g/mol. The van der Waals surface area contributed by atoms with Crippen LogP contribution in [0.15, 0.2) is 0 Å². The molecule has 0 N–H and O–H groups in total. The molecule has 6 heteroatoms. The summed E-state index contributed by atoms with van der Waals surface area (Å²) in [7, 11) is -4.85. The fourth-order valence-corrected chi connectivity index (χ4v) is 2.53. The number of halogens is 3. The van der Waals surface area contributed by atoms with Crippen LogP contribution in [0.1, 0.15) is 13.3 Å². The van der Waals surface area contributed by atoms with Gasteiger partial charge in [-0.1, -0.05) is 6.92 Å². The summed E-state index contributed by atoms with van der Waals surface area (Å²) in [6.07, 6.45) is -0.602. The first-order valence-electron chi connectivity index (χ1n) is 3.05. The number of hydrogen-bond acceptors (Lipinski definition) is 2. The maximum absolute atomic E-state index is 12.5. The van der Waals surface area contributed by atoms with Gasteiger partial charge in [-0.3, -0.25) is 0 Å². The molecule has 1 rings (SSSR count). The number of rotatable bonds is 0. The lowest BCUT2D eigenvalue weighted by Crippen LogP contribution is -2.30. The minimum absolute atomic E-state index is 0.602. The van der Waals surface area contributed by atoms with Gasteiger partial charge in [-0.25, -0.2) is 12.8 Å². The van der Waals surface area contributed by atoms with Crippen molar-refractivity contribution in [2.24, 2.45) is 5.92 Å². The van der Waals surface area contributed by atoms with Crippen LogP contribution < -0.4 is 0 Å². The molecule has 2 atom stereocenters. The van der Waals surface area contributed by atoms with Crippen molar-refractivity contribution in [3.05, 3.63) is 0 Å². The molecule has 11 heavy (non-hydrogen) atoms. The van der Waals surface area contributed by atoms with Gasteiger partial charge in [-0.05, 0) is 0 Å². The highest BCUT2D eigenvalue weighted by molar-refractivity contribution is 7.93. The van der Waals surface area contributed by atoms with Gasteiger partial charge in [0.2, 0.25) is 15.3 Å². The first-order valence-corrected chi connectivity index (χ1v) is 4.60. The monoisotopic (exact) mass is 188 g/mol. The van der Waals surface area contributed by atoms with E-state index in [2.05, 4.69) is 0 Å². The predicted molar refractivity (Wildman–Crippen MR) is 32.5 cm³/mol. The lowest BCUT2D eigenvalue weighted by molar-refractivity contribution is 0.0442. The van der Waals surface area contributed by atoms with Gasteiger partial charge in [-0.2, -0.15) is 8.78 Å². The highest BCUT2D eigenvalue weighted by Crippen LogP contribution is 2.44. The molecule has 66 valence electrons. The minimum atomic E-state index is -4.85. The third-order valence-corrected chi connectivity index (χ3v) is 3.86. The summed E-state index contributed by atoms with van der Waals surface area (Å²) in [6.45, 7) is 1.02. The van der Waals surface area contributed by atoms with Crippen LogP contribution in [0.25, 0.3) is 0 Å². The largest absolute Gasteiger partial charge is 0.351 e. The fourth-order valence-electron chi connectivity index (χ4n) is 0.993. The Hall–Kier alpha value is -0.260. The summed E-state index contributed by atoms with van der Waals surface area (Å²) >= 11 is 0. The summed E-state index contributed by atoms with van der Waals surface area (Å²) in [5.74, 6) is -1.41. The number of sulfone groups is 1. The maximum atomic E-state index is 12.5. The molecule has 0 bridgehead atoms. The molecule has 0 radical (unpaired) electrons. The first kappa shape index (κ1) is 8.83. The average Bonchev–Trinajstić information content (AvgIpc) is 1.95. The molecule has 1 fully saturated rings. The second-order valence-electron chi connectivity index (χ2n) is 2.65. The van der Waals surface area contributed by atoms with Crippen LogP contribution in [0.5, 0.6) is 0 Å². The Labute approximate surface area is 62.3 Å². The van der Waals surface area contributed by atoms with Gasteiger partial charge in [0.25, 0.3) is 0 Å². The fraction of sp³-hybridized carbons (Fsp3) is 1.00. The van der Waals surface area contributed by atoms with Gasteiger partial charge in [0.15, 0.2) is 0 Å². The van der Waals surface area contributed by atoms with Crippen molar-refractivity contribution in [3.63, 3.8) is 0 Å². The molecule has 1 aliphatic rings. The SMILES string of the molecule is CC1CC(F)S(=O)(=O)C1(F)F. The van der Waals surface area contributed by atoms with Crippen LogP contribution in [0, 0.1) is 5.92 Å². The third kappa shape index (κ3) is 0.953. The molecule has 0 saturated carbocycles. The summed E-state index contributed by atoms with van der Waals surface area (Å²) in [4.78, 5) is 0. The zero-order chi connectivity index (χ0) is 8.86. The topological polar surface area (TPSA) is 34.1 Å². The van der Waals surface area contributed by atoms with Crippen molar-refractivity contribution >= 4 is 9.84 Å². The zero-order valence-corrected chi connectivity index (χ0v) is 6.54. The second kappa shape index (κ2) is 2.12. The minimum Gasteiger partial charge on any atom is -0.230 e. The van der Waals surface area contributed by atoms with E-state index in [-0.39, 0.29) is 0 Å². The van der Waals surface area contributed by atoms with E-state index in [0.717, 1.165) is 6.92 Å². The van der Waals surface area contributed by atoms with Crippen molar-refractivity contribution in [3.8, 4) is 0 Å². The summed E-state index contributed by atoms with van der Waals surface area (Å²) in [6, 6.07) is 0. The van der Waals surface area contributed by atoms with E-state index < -0.39 is 32.9 Å². The van der Waals surface area contributed by atoms with E-state index in [0.29, 0.717) is 0 Å². The molecule has 0 spiro atoms. The van der Waals surface area contributed by atoms with Crippen molar-refractivity contribution in [2.45, 2.75) is 24.1 Å². The van der Waals surface area contributed by atoms with Gasteiger partial charge in [0.05, 0.1) is 0 Å². The molecule has 0 aromatic carbocycles. The smallest absolute Gasteiger partial charge is 0.230 e. The Morgan fingerprint density at radius 1 is 1.45 bits per heavy atom. The lowest BCUT2D eigenvalue weighted by Gasteiger charge is -2.11. The highest BCUT2D eigenvalue weighted by atomic mass is 32.2. The Bertz CT molecular complexity index is 259. The van der Waals surface area contributed by atoms with E-state index in [1.807, 2.05) is 0 Å². The Balaban J connectivity index is 3.16. The van der Waals surface area contributed by atoms with Gasteiger partial charge in [0.1, 0.15) is 0 Å². The standard InChI is InChI=1S/C5H7F3O2S/c1-3-2-4(6)11(9,10)5(3,7)8/h3-4H,2H2,1H3. The summed E-state index contributed by atoms with van der Waals surface area (Å²) in [5.41, 5.74) is -2.40. The van der Waals surface area contributed by atoms with E-state index in [4.69, 9.17) is 0 Å². The van der Waals surface area contributed by atoms with Gasteiger partial charge < -0.3 is 0 Å². The Kier molecular flexibility index (Phi) is 1.70. The van der Waals surface area contributed by atoms with Crippen molar-refractivity contribution < 1.29 is 21.6 Å². The molecule has 0 aromatic rings. The molecule has 0 aromatic heterocycles. The van der Waals surface area contributed by atoms with Gasteiger partial charge in [-0.15, -0.1) is 0 Å². The van der Waals surface area contributed by atoms with Crippen LogP contribution in [0.3, 0.4) is 0 Å². The van der Waals surface area contributed by atoms with Crippen LogP contribution in [-0.2, 0) is 9.84 Å². The Morgan fingerprint density at radius 3 is 2.00 bits per heavy atom. The van der Waals surface area contributed by atoms with Crippen LogP contribution >= 0.6 is 0 Å². The molecule has 1 aliphatic heterocycles. The zero-order valence-electron chi connectivity index (χ0n) is 5.72. The van der Waals surface area contributed by atoms with E-state index in [1.165, 1.54) is 0 Å². The second-order valence-corrected chi connectivity index (χ2v) is 4.80. The summed E-state index contributed by atoms with van der Waals surface area (Å²) in [5, 5.41) is -3.88. The van der Waals surface area contributed by atoms with Crippen LogP contribution in [0.4, 0.5) is 13.2 Å².